The fourth-order valence-corrected chi connectivity index (χ4v) is 3.85. The standard InChI is InChI=1S/C27H31N5O4/c1-16(29)18-4-2-6-22(13-18)31-24(33)11-10-17-8-9-19(12-21(17)15-28)25(27(35)36)32-23-7-3-5-20(14-23)26(30)34/h2-9,12-14,16,25,32H,10-11,15,28-29H2,1H3,(H2,30,34)(H,31,33)(H,35,36)/t16-,25?/m1/s1. The van der Waals surface area contributed by atoms with Gasteiger partial charge in [0.1, 0.15) is 0 Å². The van der Waals surface area contributed by atoms with E-state index in [1.807, 2.05) is 31.2 Å². The van der Waals surface area contributed by atoms with Crippen LogP contribution in [0.1, 0.15) is 58.0 Å². The van der Waals surface area contributed by atoms with Gasteiger partial charge in [-0.3, -0.25) is 9.59 Å². The molecule has 3 aromatic carbocycles. The third-order valence-electron chi connectivity index (χ3n) is 5.81. The number of aryl methyl sites for hydroxylation is 1. The van der Waals surface area contributed by atoms with E-state index in [1.54, 1.807) is 36.4 Å². The summed E-state index contributed by atoms with van der Waals surface area (Å²) in [5, 5.41) is 15.6. The lowest BCUT2D eigenvalue weighted by atomic mass is 9.96. The normalized spacial score (nSPS) is 12.4. The van der Waals surface area contributed by atoms with Gasteiger partial charge in [0.25, 0.3) is 0 Å². The summed E-state index contributed by atoms with van der Waals surface area (Å²) >= 11 is 0. The first-order valence-electron chi connectivity index (χ1n) is 11.5. The number of hydrogen-bond acceptors (Lipinski definition) is 6. The number of amides is 2. The molecule has 0 aliphatic rings. The van der Waals surface area contributed by atoms with Gasteiger partial charge in [0.15, 0.2) is 6.04 Å². The van der Waals surface area contributed by atoms with Crippen molar-refractivity contribution in [3.63, 3.8) is 0 Å². The molecule has 2 amide bonds. The predicted molar refractivity (Wildman–Crippen MR) is 139 cm³/mol. The fraction of sp³-hybridized carbons (Fsp3) is 0.222. The Morgan fingerprint density at radius 2 is 1.64 bits per heavy atom. The minimum Gasteiger partial charge on any atom is -0.479 e. The van der Waals surface area contributed by atoms with Gasteiger partial charge in [0.2, 0.25) is 11.8 Å². The number of rotatable bonds is 11. The maximum Gasteiger partial charge on any atom is 0.330 e. The zero-order valence-corrected chi connectivity index (χ0v) is 20.0. The number of benzene rings is 3. The molecule has 0 aromatic heterocycles. The number of carbonyl (C=O) groups is 3. The maximum atomic E-state index is 12.5. The van der Waals surface area contributed by atoms with Gasteiger partial charge in [-0.1, -0.05) is 36.4 Å². The molecule has 0 saturated carbocycles. The van der Waals surface area contributed by atoms with E-state index in [9.17, 15) is 19.5 Å². The van der Waals surface area contributed by atoms with Gasteiger partial charge in [0.05, 0.1) is 0 Å². The molecule has 188 valence electrons. The molecule has 0 bridgehead atoms. The van der Waals surface area contributed by atoms with Crippen LogP contribution in [-0.2, 0) is 22.6 Å². The van der Waals surface area contributed by atoms with Crippen LogP contribution < -0.4 is 27.8 Å². The Balaban J connectivity index is 1.71. The molecule has 0 fully saturated rings. The lowest BCUT2D eigenvalue weighted by Gasteiger charge is -2.19. The number of carboxylic acid groups (broad SMARTS) is 1. The Labute approximate surface area is 209 Å². The largest absolute Gasteiger partial charge is 0.479 e. The molecule has 3 aromatic rings. The van der Waals surface area contributed by atoms with Gasteiger partial charge in [-0.15, -0.1) is 0 Å². The van der Waals surface area contributed by atoms with Gasteiger partial charge >= 0.3 is 5.97 Å². The summed E-state index contributed by atoms with van der Waals surface area (Å²) in [4.78, 5) is 36.0. The minimum atomic E-state index is -1.09. The van der Waals surface area contributed by atoms with E-state index in [0.717, 1.165) is 16.7 Å². The van der Waals surface area contributed by atoms with Crippen LogP contribution in [0.3, 0.4) is 0 Å². The molecule has 0 spiro atoms. The van der Waals surface area contributed by atoms with Gasteiger partial charge < -0.3 is 32.9 Å². The smallest absolute Gasteiger partial charge is 0.330 e. The number of nitrogens with one attached hydrogen (secondary N) is 2. The topological polar surface area (TPSA) is 174 Å². The molecule has 9 N–H and O–H groups in total. The Bertz CT molecular complexity index is 1260. The number of nitrogens with two attached hydrogens (primary N) is 3. The molecule has 0 radical (unpaired) electrons. The first kappa shape index (κ1) is 26.4. The highest BCUT2D eigenvalue weighted by molar-refractivity contribution is 5.94. The zero-order chi connectivity index (χ0) is 26.2. The summed E-state index contributed by atoms with van der Waals surface area (Å²) in [6.45, 7) is 2.06. The van der Waals surface area contributed by atoms with Crippen molar-refractivity contribution in [2.45, 2.75) is 38.4 Å². The van der Waals surface area contributed by atoms with Crippen LogP contribution >= 0.6 is 0 Å². The lowest BCUT2D eigenvalue weighted by Crippen LogP contribution is -2.21. The van der Waals surface area contributed by atoms with Crippen LogP contribution in [0.5, 0.6) is 0 Å². The number of carbonyl (C=O) groups excluding carboxylic acids is 2. The second kappa shape index (κ2) is 12.0. The highest BCUT2D eigenvalue weighted by atomic mass is 16.4. The van der Waals surface area contributed by atoms with Crippen molar-refractivity contribution in [1.82, 2.24) is 0 Å². The summed E-state index contributed by atoms with van der Waals surface area (Å²) in [5.41, 5.74) is 21.6. The molecule has 1 unspecified atom stereocenters. The van der Waals surface area contributed by atoms with E-state index in [4.69, 9.17) is 17.2 Å². The van der Waals surface area contributed by atoms with Crippen LogP contribution in [0.25, 0.3) is 0 Å². The summed E-state index contributed by atoms with van der Waals surface area (Å²) < 4.78 is 0. The molecule has 0 aliphatic heterocycles. The Hall–Kier alpha value is -4.21. The molecular weight excluding hydrogens is 458 g/mol. The number of aliphatic carboxylic acids is 1. The Kier molecular flexibility index (Phi) is 8.77. The molecular formula is C27H31N5O4. The third kappa shape index (κ3) is 6.91. The highest BCUT2D eigenvalue weighted by Crippen LogP contribution is 2.24. The molecule has 9 heteroatoms. The Morgan fingerprint density at radius 1 is 0.917 bits per heavy atom. The molecule has 0 heterocycles. The van der Waals surface area contributed by atoms with Crippen LogP contribution in [0.4, 0.5) is 11.4 Å². The molecule has 36 heavy (non-hydrogen) atoms. The van der Waals surface area contributed by atoms with Crippen molar-refractivity contribution < 1.29 is 19.5 Å². The monoisotopic (exact) mass is 489 g/mol. The van der Waals surface area contributed by atoms with E-state index in [-0.39, 0.29) is 30.5 Å². The van der Waals surface area contributed by atoms with Gasteiger partial charge in [-0.05, 0) is 65.9 Å². The van der Waals surface area contributed by atoms with Crippen LogP contribution in [0, 0.1) is 0 Å². The quantitative estimate of drug-likeness (QED) is 0.240. The van der Waals surface area contributed by atoms with Gasteiger partial charge in [-0.25, -0.2) is 4.79 Å². The average molecular weight is 490 g/mol. The molecule has 0 saturated heterocycles. The molecule has 3 rings (SSSR count). The van der Waals surface area contributed by atoms with E-state index in [1.165, 1.54) is 6.07 Å². The summed E-state index contributed by atoms with van der Waals surface area (Å²) in [6.07, 6.45) is 0.673. The summed E-state index contributed by atoms with van der Waals surface area (Å²) in [6, 6.07) is 17.7. The number of primary amides is 1. The maximum absolute atomic E-state index is 12.5. The zero-order valence-electron chi connectivity index (χ0n) is 20.0. The van der Waals surface area contributed by atoms with Crippen molar-refractivity contribution in [2.24, 2.45) is 17.2 Å². The van der Waals surface area contributed by atoms with Crippen molar-refractivity contribution in [2.75, 3.05) is 10.6 Å². The van der Waals surface area contributed by atoms with Crippen molar-refractivity contribution in [3.05, 3.63) is 94.5 Å². The third-order valence-corrected chi connectivity index (χ3v) is 5.81. The first-order chi connectivity index (χ1) is 17.2. The van der Waals surface area contributed by atoms with Crippen LogP contribution in [0.2, 0.25) is 0 Å². The second-order valence-electron chi connectivity index (χ2n) is 8.56. The van der Waals surface area contributed by atoms with E-state index < -0.39 is 17.9 Å². The second-order valence-corrected chi connectivity index (χ2v) is 8.56. The van der Waals surface area contributed by atoms with Crippen LogP contribution in [0.15, 0.2) is 66.7 Å². The number of anilines is 2. The molecule has 0 aliphatic carbocycles. The van der Waals surface area contributed by atoms with E-state index in [2.05, 4.69) is 10.6 Å². The van der Waals surface area contributed by atoms with Gasteiger partial charge in [-0.2, -0.15) is 0 Å². The molecule has 9 nitrogen and oxygen atoms in total. The summed E-state index contributed by atoms with van der Waals surface area (Å²) in [7, 11) is 0. The van der Waals surface area contributed by atoms with Crippen molar-refractivity contribution in [1.29, 1.82) is 0 Å². The average Bonchev–Trinajstić information content (AvgIpc) is 2.86. The lowest BCUT2D eigenvalue weighted by molar-refractivity contribution is -0.138. The summed E-state index contributed by atoms with van der Waals surface area (Å²) in [5.74, 6) is -1.85. The van der Waals surface area contributed by atoms with Gasteiger partial charge in [0, 0.05) is 35.9 Å². The van der Waals surface area contributed by atoms with E-state index in [0.29, 0.717) is 23.4 Å². The predicted octanol–water partition coefficient (Wildman–Crippen LogP) is 3.07. The van der Waals surface area contributed by atoms with E-state index >= 15 is 0 Å². The molecule has 2 atom stereocenters. The highest BCUT2D eigenvalue weighted by Gasteiger charge is 2.21. The van der Waals surface area contributed by atoms with Crippen molar-refractivity contribution >= 4 is 29.2 Å². The van der Waals surface area contributed by atoms with Crippen LogP contribution in [-0.4, -0.2) is 22.9 Å². The minimum absolute atomic E-state index is 0.135. The Morgan fingerprint density at radius 3 is 2.31 bits per heavy atom. The van der Waals surface area contributed by atoms with Crippen molar-refractivity contribution in [3.8, 4) is 0 Å². The SMILES string of the molecule is C[C@@H](N)c1cccc(NC(=O)CCc2ccc(C(Nc3cccc(C(N)=O)c3)C(=O)O)cc2CN)c1. The number of hydrogen-bond donors (Lipinski definition) is 6. The fourth-order valence-electron chi connectivity index (χ4n) is 3.85. The number of carboxylic acids is 1. The first-order valence-corrected chi connectivity index (χ1v) is 11.5.